The van der Waals surface area contributed by atoms with E-state index in [1.54, 1.807) is 11.3 Å². The number of ether oxygens (including phenoxy) is 1. The highest BCUT2D eigenvalue weighted by Gasteiger charge is 2.41. The maximum atomic E-state index is 8.72. The highest BCUT2D eigenvalue weighted by Crippen LogP contribution is 2.39. The molecule has 0 atom stereocenters. The Morgan fingerprint density at radius 2 is 2.46 bits per heavy atom. The third kappa shape index (κ3) is 1.52. The van der Waals surface area contributed by atoms with Gasteiger partial charge >= 0.3 is 0 Å². The average Bonchev–Trinajstić information content (AvgIpc) is 2.44. The van der Waals surface area contributed by atoms with Gasteiger partial charge in [-0.25, -0.2) is 0 Å². The molecule has 1 fully saturated rings. The van der Waals surface area contributed by atoms with Gasteiger partial charge in [-0.1, -0.05) is 0 Å². The van der Waals surface area contributed by atoms with Crippen LogP contribution in [0.2, 0.25) is 0 Å². The maximum absolute atomic E-state index is 8.72. The quantitative estimate of drug-likeness (QED) is 0.817. The van der Waals surface area contributed by atoms with Gasteiger partial charge in [-0.2, -0.15) is 5.26 Å². The van der Waals surface area contributed by atoms with Crippen molar-refractivity contribution in [2.75, 3.05) is 13.2 Å². The standard InChI is InChI=1S/C9H8BrNOS/c10-7-3-8(13-4-7)9(1-2-11)5-12-6-9/h3-4H,1,5-6H2. The molecule has 68 valence electrons. The van der Waals surface area contributed by atoms with Crippen LogP contribution in [-0.4, -0.2) is 13.2 Å². The highest BCUT2D eigenvalue weighted by molar-refractivity contribution is 9.10. The van der Waals surface area contributed by atoms with E-state index in [0.717, 1.165) is 4.47 Å². The summed E-state index contributed by atoms with van der Waals surface area (Å²) in [6.07, 6.45) is 0.556. The zero-order valence-corrected chi connectivity index (χ0v) is 9.32. The Balaban J connectivity index is 2.27. The molecular formula is C9H8BrNOS. The number of thiophene rings is 1. The van der Waals surface area contributed by atoms with Crippen molar-refractivity contribution in [3.8, 4) is 6.07 Å². The van der Waals surface area contributed by atoms with E-state index in [2.05, 4.69) is 28.1 Å². The molecule has 0 radical (unpaired) electrons. The summed E-state index contributed by atoms with van der Waals surface area (Å²) in [6, 6.07) is 4.32. The predicted molar refractivity (Wildman–Crippen MR) is 54.7 cm³/mol. The summed E-state index contributed by atoms with van der Waals surface area (Å²) in [5, 5.41) is 10.8. The first-order valence-corrected chi connectivity index (χ1v) is 5.63. The largest absolute Gasteiger partial charge is 0.379 e. The lowest BCUT2D eigenvalue weighted by molar-refractivity contribution is -0.0558. The molecule has 0 saturated carbocycles. The minimum Gasteiger partial charge on any atom is -0.379 e. The van der Waals surface area contributed by atoms with E-state index in [0.29, 0.717) is 19.6 Å². The lowest BCUT2D eigenvalue weighted by Crippen LogP contribution is -2.45. The Morgan fingerprint density at radius 1 is 1.69 bits per heavy atom. The number of halogens is 1. The van der Waals surface area contributed by atoms with E-state index >= 15 is 0 Å². The monoisotopic (exact) mass is 257 g/mol. The molecule has 2 rings (SSSR count). The van der Waals surface area contributed by atoms with Crippen LogP contribution in [0.5, 0.6) is 0 Å². The van der Waals surface area contributed by atoms with E-state index in [4.69, 9.17) is 10.00 Å². The molecule has 0 aromatic carbocycles. The summed E-state index contributed by atoms with van der Waals surface area (Å²) in [6.45, 7) is 1.38. The van der Waals surface area contributed by atoms with E-state index < -0.39 is 0 Å². The van der Waals surface area contributed by atoms with Gasteiger partial charge in [-0.05, 0) is 22.0 Å². The smallest absolute Gasteiger partial charge is 0.0644 e. The third-order valence-electron chi connectivity index (χ3n) is 2.26. The van der Waals surface area contributed by atoms with E-state index in [9.17, 15) is 0 Å². The van der Waals surface area contributed by atoms with Gasteiger partial charge in [0.1, 0.15) is 0 Å². The molecule has 0 spiro atoms. The molecule has 1 aliphatic heterocycles. The molecule has 2 heterocycles. The van der Waals surface area contributed by atoms with E-state index in [-0.39, 0.29) is 5.41 Å². The van der Waals surface area contributed by atoms with Gasteiger partial charge in [0.05, 0.1) is 31.1 Å². The average molecular weight is 258 g/mol. The van der Waals surface area contributed by atoms with Crippen molar-refractivity contribution in [2.45, 2.75) is 11.8 Å². The number of nitriles is 1. The van der Waals surface area contributed by atoms with Crippen LogP contribution in [0.25, 0.3) is 0 Å². The van der Waals surface area contributed by atoms with Gasteiger partial charge in [0.2, 0.25) is 0 Å². The Bertz CT molecular complexity index is 351. The molecule has 13 heavy (non-hydrogen) atoms. The Kier molecular flexibility index (Phi) is 2.41. The second-order valence-electron chi connectivity index (χ2n) is 3.24. The Hall–Kier alpha value is -0.370. The zero-order valence-electron chi connectivity index (χ0n) is 6.92. The lowest BCUT2D eigenvalue weighted by Gasteiger charge is -2.38. The molecule has 0 amide bonds. The number of rotatable bonds is 2. The SMILES string of the molecule is N#CCC1(c2cc(Br)cs2)COC1. The van der Waals surface area contributed by atoms with Crippen molar-refractivity contribution >= 4 is 27.3 Å². The van der Waals surface area contributed by atoms with Crippen LogP contribution in [0.15, 0.2) is 15.9 Å². The fraction of sp³-hybridized carbons (Fsp3) is 0.444. The summed E-state index contributed by atoms with van der Waals surface area (Å²) in [7, 11) is 0. The second-order valence-corrected chi connectivity index (χ2v) is 5.06. The summed E-state index contributed by atoms with van der Waals surface area (Å²) >= 11 is 5.11. The molecule has 0 bridgehead atoms. The molecular weight excluding hydrogens is 250 g/mol. The van der Waals surface area contributed by atoms with Crippen molar-refractivity contribution in [1.29, 1.82) is 5.26 Å². The van der Waals surface area contributed by atoms with Crippen molar-refractivity contribution in [3.05, 3.63) is 20.8 Å². The molecule has 1 aliphatic rings. The molecule has 0 unspecified atom stereocenters. The summed E-state index contributed by atoms with van der Waals surface area (Å²) in [4.78, 5) is 1.26. The van der Waals surface area contributed by atoms with Crippen LogP contribution in [0.4, 0.5) is 0 Å². The molecule has 0 N–H and O–H groups in total. The second kappa shape index (κ2) is 3.41. The van der Waals surface area contributed by atoms with Crippen LogP contribution < -0.4 is 0 Å². The lowest BCUT2D eigenvalue weighted by atomic mass is 9.81. The van der Waals surface area contributed by atoms with Crippen LogP contribution in [-0.2, 0) is 10.2 Å². The Labute approximate surface area is 89.3 Å². The van der Waals surface area contributed by atoms with Crippen molar-refractivity contribution in [2.24, 2.45) is 0 Å². The number of hydrogen-bond acceptors (Lipinski definition) is 3. The van der Waals surface area contributed by atoms with Gasteiger partial charge in [-0.3, -0.25) is 0 Å². The van der Waals surface area contributed by atoms with Gasteiger partial charge in [-0.15, -0.1) is 11.3 Å². The van der Waals surface area contributed by atoms with Crippen molar-refractivity contribution in [1.82, 2.24) is 0 Å². The minimum absolute atomic E-state index is 0.00850. The van der Waals surface area contributed by atoms with Crippen LogP contribution in [0.1, 0.15) is 11.3 Å². The highest BCUT2D eigenvalue weighted by atomic mass is 79.9. The maximum Gasteiger partial charge on any atom is 0.0644 e. The van der Waals surface area contributed by atoms with Gasteiger partial charge < -0.3 is 4.74 Å². The van der Waals surface area contributed by atoms with Gasteiger partial charge in [0.15, 0.2) is 0 Å². The predicted octanol–water partition coefficient (Wildman–Crippen LogP) is 2.69. The molecule has 1 aromatic rings. The molecule has 0 aliphatic carbocycles. The number of hydrogen-bond donors (Lipinski definition) is 0. The Morgan fingerprint density at radius 3 is 2.85 bits per heavy atom. The molecule has 1 aromatic heterocycles. The summed E-state index contributed by atoms with van der Waals surface area (Å²) in [5.41, 5.74) is -0.00850. The topological polar surface area (TPSA) is 33.0 Å². The van der Waals surface area contributed by atoms with Crippen molar-refractivity contribution in [3.63, 3.8) is 0 Å². The number of nitrogens with zero attached hydrogens (tertiary/aromatic N) is 1. The van der Waals surface area contributed by atoms with E-state index in [1.165, 1.54) is 4.88 Å². The van der Waals surface area contributed by atoms with E-state index in [1.807, 2.05) is 5.38 Å². The van der Waals surface area contributed by atoms with Crippen molar-refractivity contribution < 1.29 is 4.74 Å². The molecule has 2 nitrogen and oxygen atoms in total. The fourth-order valence-corrected chi connectivity index (χ4v) is 3.03. The first kappa shape index (κ1) is 9.20. The molecule has 1 saturated heterocycles. The van der Waals surface area contributed by atoms with Crippen LogP contribution >= 0.6 is 27.3 Å². The summed E-state index contributed by atoms with van der Waals surface area (Å²) in [5.74, 6) is 0. The van der Waals surface area contributed by atoms with Crippen LogP contribution in [0, 0.1) is 11.3 Å². The summed E-state index contributed by atoms with van der Waals surface area (Å²) < 4.78 is 6.29. The fourth-order valence-electron chi connectivity index (χ4n) is 1.42. The van der Waals surface area contributed by atoms with Gasteiger partial charge in [0.25, 0.3) is 0 Å². The first-order chi connectivity index (χ1) is 6.27. The zero-order chi connectivity index (χ0) is 9.31. The van der Waals surface area contributed by atoms with Crippen LogP contribution in [0.3, 0.4) is 0 Å². The normalized spacial score (nSPS) is 19.1. The third-order valence-corrected chi connectivity index (χ3v) is 4.20. The van der Waals surface area contributed by atoms with Gasteiger partial charge in [0, 0.05) is 14.7 Å². The first-order valence-electron chi connectivity index (χ1n) is 3.96. The minimum atomic E-state index is -0.00850. The molecule has 4 heteroatoms.